The molecule has 1 atom stereocenters. The number of pyridine rings is 1. The number of amides is 1. The van der Waals surface area contributed by atoms with E-state index in [0.29, 0.717) is 5.69 Å². The number of nitrogens with one attached hydrogen (secondary N) is 1. The van der Waals surface area contributed by atoms with Gasteiger partial charge < -0.3 is 9.72 Å². The van der Waals surface area contributed by atoms with E-state index in [1.165, 1.54) is 10.5 Å². The highest BCUT2D eigenvalue weighted by Crippen LogP contribution is 2.35. The first-order valence-electron chi connectivity index (χ1n) is 7.69. The molecule has 4 nitrogen and oxygen atoms in total. The Labute approximate surface area is 138 Å². The van der Waals surface area contributed by atoms with Gasteiger partial charge in [-0.05, 0) is 42.7 Å². The zero-order valence-electron chi connectivity index (χ0n) is 12.8. The fourth-order valence-electron chi connectivity index (χ4n) is 2.92. The van der Waals surface area contributed by atoms with E-state index in [1.807, 2.05) is 53.5 Å². The Morgan fingerprint density at radius 2 is 2.22 bits per heavy atom. The maximum absolute atomic E-state index is 12.6. The molecule has 0 aliphatic carbocycles. The third-order valence-electron chi connectivity index (χ3n) is 4.11. The zero-order chi connectivity index (χ0) is 15.8. The van der Waals surface area contributed by atoms with Gasteiger partial charge in [-0.3, -0.25) is 4.79 Å². The van der Waals surface area contributed by atoms with Gasteiger partial charge in [0.1, 0.15) is 11.3 Å². The molecule has 0 fully saturated rings. The second kappa shape index (κ2) is 5.74. The van der Waals surface area contributed by atoms with Crippen LogP contribution in [-0.2, 0) is 0 Å². The second-order valence-corrected chi connectivity index (χ2v) is 6.93. The Kier molecular flexibility index (Phi) is 3.58. The summed E-state index contributed by atoms with van der Waals surface area (Å²) in [5, 5.41) is 3.14. The number of carbonyl (C=O) groups is 1. The van der Waals surface area contributed by atoms with Gasteiger partial charge in [0.15, 0.2) is 0 Å². The van der Waals surface area contributed by atoms with Crippen LogP contribution < -0.4 is 5.32 Å². The smallest absolute Gasteiger partial charge is 0.271 e. The predicted octanol–water partition coefficient (Wildman–Crippen LogP) is 3.61. The Hall–Kier alpha value is -2.27. The molecule has 116 valence electrons. The summed E-state index contributed by atoms with van der Waals surface area (Å²) in [5.41, 5.74) is 3.60. The van der Waals surface area contributed by atoms with E-state index >= 15 is 0 Å². The molecule has 1 aliphatic heterocycles. The van der Waals surface area contributed by atoms with Gasteiger partial charge in [0.25, 0.3) is 5.91 Å². The van der Waals surface area contributed by atoms with Crippen molar-refractivity contribution >= 4 is 23.3 Å². The molecule has 0 saturated carbocycles. The van der Waals surface area contributed by atoms with Crippen LogP contribution >= 0.6 is 11.8 Å². The van der Waals surface area contributed by atoms with Gasteiger partial charge in [-0.25, -0.2) is 4.98 Å². The summed E-state index contributed by atoms with van der Waals surface area (Å²) in [4.78, 5) is 18.3. The average molecular weight is 323 g/mol. The molecule has 23 heavy (non-hydrogen) atoms. The minimum Gasteiger partial charge on any atom is -0.344 e. The van der Waals surface area contributed by atoms with Gasteiger partial charge in [-0.2, -0.15) is 0 Å². The number of fused-ring (bicyclic) bond motifs is 2. The fourth-order valence-corrected chi connectivity index (χ4v) is 4.04. The molecule has 3 aromatic rings. The maximum Gasteiger partial charge on any atom is 0.271 e. The van der Waals surface area contributed by atoms with Crippen LogP contribution in [-0.4, -0.2) is 21.0 Å². The van der Waals surface area contributed by atoms with Gasteiger partial charge in [0.05, 0.1) is 6.04 Å². The maximum atomic E-state index is 12.6. The van der Waals surface area contributed by atoms with Crippen molar-refractivity contribution in [1.82, 2.24) is 14.7 Å². The molecule has 0 unspecified atom stereocenters. The second-order valence-electron chi connectivity index (χ2n) is 5.80. The van der Waals surface area contributed by atoms with Crippen molar-refractivity contribution in [2.24, 2.45) is 0 Å². The van der Waals surface area contributed by atoms with Crippen molar-refractivity contribution in [3.63, 3.8) is 0 Å². The molecule has 0 bridgehead atoms. The minimum atomic E-state index is -0.113. The predicted molar refractivity (Wildman–Crippen MR) is 91.9 cm³/mol. The zero-order valence-corrected chi connectivity index (χ0v) is 13.6. The molecule has 5 heteroatoms. The molecule has 0 radical (unpaired) electrons. The van der Waals surface area contributed by atoms with Crippen molar-refractivity contribution < 1.29 is 4.79 Å². The number of aromatic nitrogens is 2. The van der Waals surface area contributed by atoms with E-state index < -0.39 is 0 Å². The average Bonchev–Trinajstić information content (AvgIpc) is 2.98. The largest absolute Gasteiger partial charge is 0.344 e. The van der Waals surface area contributed by atoms with Crippen molar-refractivity contribution in [2.45, 2.75) is 24.3 Å². The molecular weight excluding hydrogens is 306 g/mol. The number of hydrogen-bond acceptors (Lipinski definition) is 3. The van der Waals surface area contributed by atoms with Gasteiger partial charge in [0, 0.05) is 23.0 Å². The highest BCUT2D eigenvalue weighted by atomic mass is 32.2. The lowest BCUT2D eigenvalue weighted by Gasteiger charge is -2.25. The SMILES string of the molecule is Cc1ccn2cc(C(=O)N[C@@H]3CCSc4ccccc43)nc2c1. The van der Waals surface area contributed by atoms with E-state index in [1.54, 1.807) is 6.20 Å². The molecule has 2 aromatic heterocycles. The van der Waals surface area contributed by atoms with Crippen LogP contribution in [0.4, 0.5) is 0 Å². The van der Waals surface area contributed by atoms with E-state index in [4.69, 9.17) is 0 Å². The summed E-state index contributed by atoms with van der Waals surface area (Å²) < 4.78 is 1.88. The molecule has 4 rings (SSSR count). The van der Waals surface area contributed by atoms with Gasteiger partial charge in [-0.15, -0.1) is 11.8 Å². The first kappa shape index (κ1) is 14.3. The number of nitrogens with zero attached hydrogens (tertiary/aromatic N) is 2. The Balaban J connectivity index is 1.60. The molecule has 0 saturated heterocycles. The highest BCUT2D eigenvalue weighted by molar-refractivity contribution is 7.99. The fraction of sp³-hybridized carbons (Fsp3) is 0.222. The number of hydrogen-bond donors (Lipinski definition) is 1. The Morgan fingerprint density at radius 3 is 3.13 bits per heavy atom. The van der Waals surface area contributed by atoms with Crippen LogP contribution in [0.3, 0.4) is 0 Å². The number of thioether (sulfide) groups is 1. The number of imidazole rings is 1. The van der Waals surface area contributed by atoms with Gasteiger partial charge in [-0.1, -0.05) is 18.2 Å². The first-order valence-corrected chi connectivity index (χ1v) is 8.67. The van der Waals surface area contributed by atoms with E-state index in [2.05, 4.69) is 22.4 Å². The summed E-state index contributed by atoms with van der Waals surface area (Å²) in [6.45, 7) is 2.02. The van der Waals surface area contributed by atoms with Crippen molar-refractivity contribution in [3.05, 3.63) is 65.6 Å². The van der Waals surface area contributed by atoms with E-state index in [0.717, 1.165) is 23.4 Å². The monoisotopic (exact) mass is 323 g/mol. The number of rotatable bonds is 2. The summed E-state index contributed by atoms with van der Waals surface area (Å²) in [7, 11) is 0. The van der Waals surface area contributed by atoms with Crippen LogP contribution in [0.25, 0.3) is 5.65 Å². The third-order valence-corrected chi connectivity index (χ3v) is 5.23. The summed E-state index contributed by atoms with van der Waals surface area (Å²) in [5.74, 6) is 0.907. The van der Waals surface area contributed by atoms with Gasteiger partial charge in [0.2, 0.25) is 0 Å². The molecule has 3 heterocycles. The molecular formula is C18H17N3OS. The van der Waals surface area contributed by atoms with Crippen molar-refractivity contribution in [2.75, 3.05) is 5.75 Å². The highest BCUT2D eigenvalue weighted by Gasteiger charge is 2.23. The van der Waals surface area contributed by atoms with Crippen LogP contribution in [0, 0.1) is 6.92 Å². The summed E-state index contributed by atoms with van der Waals surface area (Å²) >= 11 is 1.85. The minimum absolute atomic E-state index is 0.0616. The quantitative estimate of drug-likeness (QED) is 0.783. The van der Waals surface area contributed by atoms with Crippen molar-refractivity contribution in [1.29, 1.82) is 0 Å². The molecule has 1 amide bonds. The third kappa shape index (κ3) is 2.72. The normalized spacial score (nSPS) is 17.0. The summed E-state index contributed by atoms with van der Waals surface area (Å²) in [6.07, 6.45) is 4.66. The van der Waals surface area contributed by atoms with Gasteiger partial charge >= 0.3 is 0 Å². The van der Waals surface area contributed by atoms with Crippen LogP contribution in [0.1, 0.15) is 34.1 Å². The molecule has 1 aromatic carbocycles. The van der Waals surface area contributed by atoms with E-state index in [-0.39, 0.29) is 11.9 Å². The lowest BCUT2D eigenvalue weighted by molar-refractivity contribution is 0.0930. The number of carbonyl (C=O) groups excluding carboxylic acids is 1. The molecule has 0 spiro atoms. The standard InChI is InChI=1S/C18H17N3OS/c1-12-6-8-21-11-15(19-17(21)10-12)18(22)20-14-7-9-23-16-5-3-2-4-13(14)16/h2-6,8,10-11,14H,7,9H2,1H3,(H,20,22)/t14-/m1/s1. The summed E-state index contributed by atoms with van der Waals surface area (Å²) in [6, 6.07) is 12.3. The first-order chi connectivity index (χ1) is 11.2. The van der Waals surface area contributed by atoms with Crippen molar-refractivity contribution in [3.8, 4) is 0 Å². The molecule has 1 N–H and O–H groups in total. The van der Waals surface area contributed by atoms with Crippen LogP contribution in [0.5, 0.6) is 0 Å². The topological polar surface area (TPSA) is 46.4 Å². The Bertz CT molecular complexity index is 887. The number of benzene rings is 1. The molecule has 1 aliphatic rings. The van der Waals surface area contributed by atoms with Crippen LogP contribution in [0.15, 0.2) is 53.7 Å². The van der Waals surface area contributed by atoms with Crippen LogP contribution in [0.2, 0.25) is 0 Å². The Morgan fingerprint density at radius 1 is 1.35 bits per heavy atom. The lowest BCUT2D eigenvalue weighted by Crippen LogP contribution is -2.30. The lowest BCUT2D eigenvalue weighted by atomic mass is 10.0. The van der Waals surface area contributed by atoms with E-state index in [9.17, 15) is 4.79 Å². The number of aryl methyl sites for hydroxylation is 1.